The molecular formula is C7H10ClN. The number of allylic oxidation sites excluding steroid dienone is 3. The highest BCUT2D eigenvalue weighted by Crippen LogP contribution is 2.20. The van der Waals surface area contributed by atoms with Crippen LogP contribution in [0.1, 0.15) is 12.8 Å². The fourth-order valence-electron chi connectivity index (χ4n) is 0.881. The van der Waals surface area contributed by atoms with Gasteiger partial charge in [0.2, 0.25) is 0 Å². The molecule has 0 amide bonds. The molecule has 0 aromatic rings. The standard InChI is InChI=1S/C7H10ClN/c8-7-4-2-1-3-6(7)5-9/h2,4H,1,3,5,9H2. The topological polar surface area (TPSA) is 26.0 Å². The van der Waals surface area contributed by atoms with Gasteiger partial charge in [0.15, 0.2) is 0 Å². The monoisotopic (exact) mass is 143 g/mol. The van der Waals surface area contributed by atoms with Crippen molar-refractivity contribution in [1.82, 2.24) is 0 Å². The summed E-state index contributed by atoms with van der Waals surface area (Å²) < 4.78 is 0. The van der Waals surface area contributed by atoms with E-state index in [2.05, 4.69) is 6.08 Å². The Hall–Kier alpha value is -0.270. The normalized spacial score (nSPS) is 18.9. The molecule has 1 nitrogen and oxygen atoms in total. The van der Waals surface area contributed by atoms with Gasteiger partial charge >= 0.3 is 0 Å². The van der Waals surface area contributed by atoms with E-state index in [1.54, 1.807) is 0 Å². The Morgan fingerprint density at radius 2 is 2.44 bits per heavy atom. The van der Waals surface area contributed by atoms with E-state index in [4.69, 9.17) is 17.3 Å². The molecule has 0 heterocycles. The van der Waals surface area contributed by atoms with Crippen LogP contribution in [0.3, 0.4) is 0 Å². The molecule has 50 valence electrons. The highest BCUT2D eigenvalue weighted by molar-refractivity contribution is 6.31. The molecule has 0 radical (unpaired) electrons. The lowest BCUT2D eigenvalue weighted by Crippen LogP contribution is -2.05. The molecule has 0 saturated carbocycles. The Kier molecular flexibility index (Phi) is 2.31. The van der Waals surface area contributed by atoms with Crippen molar-refractivity contribution in [3.05, 3.63) is 22.8 Å². The third kappa shape index (κ3) is 1.57. The number of hydrogen-bond acceptors (Lipinski definition) is 1. The van der Waals surface area contributed by atoms with Crippen LogP contribution < -0.4 is 5.73 Å². The van der Waals surface area contributed by atoms with Gasteiger partial charge in [-0.25, -0.2) is 0 Å². The SMILES string of the molecule is NCC1=C(Cl)C=CCC1. The van der Waals surface area contributed by atoms with Crippen molar-refractivity contribution in [2.75, 3.05) is 6.54 Å². The summed E-state index contributed by atoms with van der Waals surface area (Å²) in [7, 11) is 0. The molecule has 1 rings (SSSR count). The average molecular weight is 144 g/mol. The molecule has 0 aromatic carbocycles. The summed E-state index contributed by atoms with van der Waals surface area (Å²) in [5, 5.41) is 0.837. The second-order valence-electron chi connectivity index (χ2n) is 2.10. The molecule has 1 aliphatic carbocycles. The van der Waals surface area contributed by atoms with Gasteiger partial charge in [-0.05, 0) is 24.5 Å². The lowest BCUT2D eigenvalue weighted by molar-refractivity contribution is 0.911. The molecule has 0 atom stereocenters. The van der Waals surface area contributed by atoms with E-state index in [0.717, 1.165) is 17.9 Å². The highest BCUT2D eigenvalue weighted by atomic mass is 35.5. The quantitative estimate of drug-likeness (QED) is 0.595. The van der Waals surface area contributed by atoms with Gasteiger partial charge in [-0.2, -0.15) is 0 Å². The summed E-state index contributed by atoms with van der Waals surface area (Å²) >= 11 is 5.80. The lowest BCUT2D eigenvalue weighted by Gasteiger charge is -2.07. The van der Waals surface area contributed by atoms with Crippen LogP contribution in [-0.4, -0.2) is 6.54 Å². The molecule has 2 N–H and O–H groups in total. The summed E-state index contributed by atoms with van der Waals surface area (Å²) in [6, 6.07) is 0. The summed E-state index contributed by atoms with van der Waals surface area (Å²) in [4.78, 5) is 0. The minimum Gasteiger partial charge on any atom is -0.327 e. The Morgan fingerprint density at radius 3 is 2.89 bits per heavy atom. The van der Waals surface area contributed by atoms with Crippen LogP contribution >= 0.6 is 11.6 Å². The van der Waals surface area contributed by atoms with Crippen molar-refractivity contribution in [3.63, 3.8) is 0 Å². The van der Waals surface area contributed by atoms with Crippen LogP contribution in [0, 0.1) is 0 Å². The third-order valence-electron chi connectivity index (χ3n) is 1.46. The predicted molar refractivity (Wildman–Crippen MR) is 40.3 cm³/mol. The Morgan fingerprint density at radius 1 is 1.67 bits per heavy atom. The van der Waals surface area contributed by atoms with Crippen molar-refractivity contribution in [1.29, 1.82) is 0 Å². The number of rotatable bonds is 1. The molecular weight excluding hydrogens is 134 g/mol. The molecule has 0 fully saturated rings. The number of nitrogens with two attached hydrogens (primary N) is 1. The summed E-state index contributed by atoms with van der Waals surface area (Å²) in [5.41, 5.74) is 6.60. The molecule has 1 aliphatic rings. The van der Waals surface area contributed by atoms with E-state index in [1.165, 1.54) is 5.57 Å². The van der Waals surface area contributed by atoms with E-state index in [0.29, 0.717) is 6.54 Å². The summed E-state index contributed by atoms with van der Waals surface area (Å²) in [6.07, 6.45) is 6.11. The van der Waals surface area contributed by atoms with E-state index < -0.39 is 0 Å². The van der Waals surface area contributed by atoms with Crippen molar-refractivity contribution in [2.45, 2.75) is 12.8 Å². The minimum absolute atomic E-state index is 0.600. The van der Waals surface area contributed by atoms with E-state index in [9.17, 15) is 0 Å². The molecule has 0 unspecified atom stereocenters. The largest absolute Gasteiger partial charge is 0.327 e. The summed E-state index contributed by atoms with van der Waals surface area (Å²) in [6.45, 7) is 0.600. The van der Waals surface area contributed by atoms with Crippen LogP contribution in [0.15, 0.2) is 22.8 Å². The summed E-state index contributed by atoms with van der Waals surface area (Å²) in [5.74, 6) is 0. The maximum Gasteiger partial charge on any atom is 0.0407 e. The number of hydrogen-bond donors (Lipinski definition) is 1. The second kappa shape index (κ2) is 3.04. The van der Waals surface area contributed by atoms with Gasteiger partial charge in [-0.15, -0.1) is 0 Å². The fourth-order valence-corrected chi connectivity index (χ4v) is 1.14. The van der Waals surface area contributed by atoms with Gasteiger partial charge in [-0.1, -0.05) is 17.7 Å². The van der Waals surface area contributed by atoms with Gasteiger partial charge in [0.05, 0.1) is 0 Å². The molecule has 0 bridgehead atoms. The lowest BCUT2D eigenvalue weighted by atomic mass is 10.1. The van der Waals surface area contributed by atoms with Crippen LogP contribution in [-0.2, 0) is 0 Å². The molecule has 0 spiro atoms. The van der Waals surface area contributed by atoms with Crippen LogP contribution in [0.4, 0.5) is 0 Å². The van der Waals surface area contributed by atoms with Crippen molar-refractivity contribution >= 4 is 11.6 Å². The maximum atomic E-state index is 5.80. The van der Waals surface area contributed by atoms with Gasteiger partial charge in [0.1, 0.15) is 0 Å². The first kappa shape index (κ1) is 6.84. The zero-order valence-electron chi connectivity index (χ0n) is 5.23. The van der Waals surface area contributed by atoms with Crippen LogP contribution in [0.25, 0.3) is 0 Å². The van der Waals surface area contributed by atoms with E-state index in [1.807, 2.05) is 6.08 Å². The average Bonchev–Trinajstić information content (AvgIpc) is 1.89. The van der Waals surface area contributed by atoms with Gasteiger partial charge in [-0.3, -0.25) is 0 Å². The van der Waals surface area contributed by atoms with E-state index in [-0.39, 0.29) is 0 Å². The molecule has 9 heavy (non-hydrogen) atoms. The minimum atomic E-state index is 0.600. The van der Waals surface area contributed by atoms with Gasteiger partial charge in [0, 0.05) is 11.6 Å². The zero-order chi connectivity index (χ0) is 6.69. The molecule has 0 aromatic heterocycles. The van der Waals surface area contributed by atoms with Crippen molar-refractivity contribution < 1.29 is 0 Å². The molecule has 2 heteroatoms. The molecule has 0 saturated heterocycles. The van der Waals surface area contributed by atoms with Crippen LogP contribution in [0.2, 0.25) is 0 Å². The predicted octanol–water partition coefficient (Wildman–Crippen LogP) is 1.79. The highest BCUT2D eigenvalue weighted by Gasteiger charge is 2.02. The first-order valence-corrected chi connectivity index (χ1v) is 3.46. The number of halogens is 1. The first-order valence-electron chi connectivity index (χ1n) is 3.08. The van der Waals surface area contributed by atoms with E-state index >= 15 is 0 Å². The van der Waals surface area contributed by atoms with Crippen molar-refractivity contribution in [3.8, 4) is 0 Å². The van der Waals surface area contributed by atoms with Gasteiger partial charge in [0.25, 0.3) is 0 Å². The second-order valence-corrected chi connectivity index (χ2v) is 2.50. The fraction of sp³-hybridized carbons (Fsp3) is 0.429. The van der Waals surface area contributed by atoms with Crippen molar-refractivity contribution in [2.24, 2.45) is 5.73 Å². The Bertz CT molecular complexity index is 158. The smallest absolute Gasteiger partial charge is 0.0407 e. The maximum absolute atomic E-state index is 5.80. The Balaban J connectivity index is 2.72. The Labute approximate surface area is 60.2 Å². The third-order valence-corrected chi connectivity index (χ3v) is 1.85. The first-order chi connectivity index (χ1) is 4.34. The van der Waals surface area contributed by atoms with Crippen LogP contribution in [0.5, 0.6) is 0 Å². The van der Waals surface area contributed by atoms with Gasteiger partial charge < -0.3 is 5.73 Å². The molecule has 0 aliphatic heterocycles. The zero-order valence-corrected chi connectivity index (χ0v) is 5.99.